The summed E-state index contributed by atoms with van der Waals surface area (Å²) in [6, 6.07) is 20.6. The number of H-pyrrole nitrogens is 2. The molecule has 0 atom stereocenters. The number of anilines is 2. The molecule has 0 unspecified atom stereocenters. The van der Waals surface area contributed by atoms with Crippen LogP contribution in [0.5, 0.6) is 0 Å². The minimum absolute atomic E-state index is 0. The van der Waals surface area contributed by atoms with Crippen molar-refractivity contribution in [2.75, 3.05) is 10.6 Å². The van der Waals surface area contributed by atoms with Gasteiger partial charge in [-0.1, -0.05) is 30.3 Å². The van der Waals surface area contributed by atoms with E-state index in [2.05, 4.69) is 30.8 Å². The zero-order valence-corrected chi connectivity index (χ0v) is 17.1. The number of rotatable bonds is 4. The summed E-state index contributed by atoms with van der Waals surface area (Å²) in [4.78, 5) is 19.7. The first-order chi connectivity index (χ1) is 14.8. The molecule has 5 aromatic rings. The number of carbonyl (C=O) groups excluding carboxylic acids is 1. The lowest BCUT2D eigenvalue weighted by Crippen LogP contribution is -2.19. The second-order valence-electron chi connectivity index (χ2n) is 6.77. The summed E-state index contributed by atoms with van der Waals surface area (Å²) in [5.74, 6) is 0. The lowest BCUT2D eigenvalue weighted by atomic mass is 10.0. The molecule has 0 aliphatic carbocycles. The van der Waals surface area contributed by atoms with Crippen LogP contribution in [-0.4, -0.2) is 26.2 Å². The van der Waals surface area contributed by atoms with Gasteiger partial charge in [-0.25, -0.2) is 9.78 Å². The number of aromatic amines is 2. The molecule has 0 bridgehead atoms. The van der Waals surface area contributed by atoms with Crippen LogP contribution in [0.4, 0.5) is 16.2 Å². The van der Waals surface area contributed by atoms with Gasteiger partial charge in [0.05, 0.1) is 5.69 Å². The number of nitrogens with one attached hydrogen (secondary N) is 4. The first-order valence-electron chi connectivity index (χ1n) is 9.48. The van der Waals surface area contributed by atoms with E-state index in [4.69, 9.17) is 0 Å². The Balaban J connectivity index is 0.00000231. The fourth-order valence-electron chi connectivity index (χ4n) is 3.44. The molecule has 0 fully saturated rings. The van der Waals surface area contributed by atoms with Crippen molar-refractivity contribution in [3.63, 3.8) is 0 Å². The van der Waals surface area contributed by atoms with Crippen LogP contribution < -0.4 is 10.6 Å². The van der Waals surface area contributed by atoms with Crippen molar-refractivity contribution in [3.8, 4) is 22.4 Å². The van der Waals surface area contributed by atoms with Crippen LogP contribution in [0.3, 0.4) is 0 Å². The Hall–Kier alpha value is -4.10. The minimum Gasteiger partial charge on any atom is -0.346 e. The van der Waals surface area contributed by atoms with E-state index in [9.17, 15) is 4.79 Å². The van der Waals surface area contributed by atoms with E-state index in [-0.39, 0.29) is 18.4 Å². The van der Waals surface area contributed by atoms with Crippen molar-refractivity contribution in [2.45, 2.75) is 0 Å². The number of nitrogens with zero attached hydrogens (tertiary/aromatic N) is 2. The van der Waals surface area contributed by atoms with Gasteiger partial charge >= 0.3 is 6.03 Å². The number of hydrogen-bond donors (Lipinski definition) is 4. The van der Waals surface area contributed by atoms with Crippen LogP contribution in [0.25, 0.3) is 33.4 Å². The fourth-order valence-corrected chi connectivity index (χ4v) is 3.44. The predicted octanol–water partition coefficient (Wildman–Crippen LogP) is 5.69. The Labute approximate surface area is 184 Å². The minimum atomic E-state index is -0.291. The van der Waals surface area contributed by atoms with Crippen LogP contribution in [0.1, 0.15) is 0 Å². The molecule has 3 aromatic heterocycles. The molecule has 31 heavy (non-hydrogen) atoms. The molecule has 0 aliphatic rings. The standard InChI is InChI=1S/C23H18N6O.ClH/c30-23(27-16-4-2-1-3-5-16)28-17-8-6-15(7-9-17)21-20(14-26-29-21)18-10-12-24-22-19(18)11-13-25-22;/h1-14H,(H,24,25)(H,26,29)(H2,27,28,30);1H. The molecule has 0 radical (unpaired) electrons. The van der Waals surface area contributed by atoms with E-state index in [1.807, 2.05) is 79.1 Å². The van der Waals surface area contributed by atoms with Gasteiger partial charge in [-0.15, -0.1) is 12.4 Å². The van der Waals surface area contributed by atoms with Crippen LogP contribution in [0.15, 0.2) is 85.3 Å². The van der Waals surface area contributed by atoms with Gasteiger partial charge in [0.25, 0.3) is 0 Å². The van der Waals surface area contributed by atoms with Gasteiger partial charge in [0.15, 0.2) is 0 Å². The summed E-state index contributed by atoms with van der Waals surface area (Å²) in [6.07, 6.45) is 5.54. The molecular weight excluding hydrogens is 412 g/mol. The maximum absolute atomic E-state index is 12.2. The average Bonchev–Trinajstić information content (AvgIpc) is 3.44. The summed E-state index contributed by atoms with van der Waals surface area (Å²) in [7, 11) is 0. The third-order valence-corrected chi connectivity index (χ3v) is 4.84. The quantitative estimate of drug-likeness (QED) is 0.295. The molecule has 5 rings (SSSR count). The second kappa shape index (κ2) is 8.73. The molecule has 4 N–H and O–H groups in total. The Morgan fingerprint density at radius 2 is 1.58 bits per heavy atom. The number of para-hydroxylation sites is 1. The van der Waals surface area contributed by atoms with Gasteiger partial charge in [0.1, 0.15) is 5.65 Å². The molecule has 0 saturated heterocycles. The highest BCUT2D eigenvalue weighted by molar-refractivity contribution is 6.00. The number of aromatic nitrogens is 4. The van der Waals surface area contributed by atoms with Crippen molar-refractivity contribution in [1.29, 1.82) is 0 Å². The lowest BCUT2D eigenvalue weighted by Gasteiger charge is -2.09. The summed E-state index contributed by atoms with van der Waals surface area (Å²) in [6.45, 7) is 0. The number of amides is 2. The third kappa shape index (κ3) is 4.12. The number of hydrogen-bond acceptors (Lipinski definition) is 3. The van der Waals surface area contributed by atoms with Crippen LogP contribution in [-0.2, 0) is 0 Å². The third-order valence-electron chi connectivity index (χ3n) is 4.84. The number of urea groups is 1. The van der Waals surface area contributed by atoms with Gasteiger partial charge in [-0.05, 0) is 42.0 Å². The van der Waals surface area contributed by atoms with Crippen LogP contribution >= 0.6 is 12.4 Å². The van der Waals surface area contributed by atoms with E-state index in [1.54, 1.807) is 6.20 Å². The predicted molar refractivity (Wildman–Crippen MR) is 125 cm³/mol. The number of fused-ring (bicyclic) bond motifs is 1. The molecule has 7 nitrogen and oxygen atoms in total. The van der Waals surface area contributed by atoms with Gasteiger partial charge in [0.2, 0.25) is 0 Å². The van der Waals surface area contributed by atoms with E-state index >= 15 is 0 Å². The SMILES string of the molecule is Cl.O=C(Nc1ccccc1)Nc1ccc(-c2n[nH]cc2-c2ccnc3[nH]ccc23)cc1. The highest BCUT2D eigenvalue weighted by Crippen LogP contribution is 2.34. The van der Waals surface area contributed by atoms with Crippen molar-refractivity contribution >= 4 is 40.8 Å². The average molecular weight is 431 g/mol. The molecular formula is C23H19ClN6O. The second-order valence-corrected chi connectivity index (χ2v) is 6.77. The maximum atomic E-state index is 12.2. The monoisotopic (exact) mass is 430 g/mol. The van der Waals surface area contributed by atoms with Crippen molar-refractivity contribution < 1.29 is 4.79 Å². The summed E-state index contributed by atoms with van der Waals surface area (Å²) in [5, 5.41) is 14.1. The van der Waals surface area contributed by atoms with E-state index in [0.29, 0.717) is 5.69 Å². The topological polar surface area (TPSA) is 98.5 Å². The first kappa shape index (κ1) is 20.2. The molecule has 0 aliphatic heterocycles. The van der Waals surface area contributed by atoms with Crippen LogP contribution in [0, 0.1) is 0 Å². The maximum Gasteiger partial charge on any atom is 0.323 e. The van der Waals surface area contributed by atoms with Crippen molar-refractivity contribution in [1.82, 2.24) is 20.2 Å². The summed E-state index contributed by atoms with van der Waals surface area (Å²) in [5.41, 5.74) is 6.09. The number of pyridine rings is 1. The van der Waals surface area contributed by atoms with E-state index in [0.717, 1.165) is 39.1 Å². The highest BCUT2D eigenvalue weighted by atomic mass is 35.5. The lowest BCUT2D eigenvalue weighted by molar-refractivity contribution is 0.262. The Bertz CT molecular complexity index is 1310. The van der Waals surface area contributed by atoms with Gasteiger partial charge in [-0.2, -0.15) is 5.10 Å². The van der Waals surface area contributed by atoms with Gasteiger partial charge < -0.3 is 15.6 Å². The number of benzene rings is 2. The zero-order valence-electron chi connectivity index (χ0n) is 16.3. The van der Waals surface area contributed by atoms with Crippen molar-refractivity contribution in [3.05, 3.63) is 85.3 Å². The Morgan fingerprint density at radius 1 is 0.839 bits per heavy atom. The Kier molecular flexibility index (Phi) is 5.68. The van der Waals surface area contributed by atoms with E-state index in [1.165, 1.54) is 0 Å². The first-order valence-corrected chi connectivity index (χ1v) is 9.48. The molecule has 0 saturated carbocycles. The molecule has 0 spiro atoms. The largest absolute Gasteiger partial charge is 0.346 e. The van der Waals surface area contributed by atoms with Gasteiger partial charge in [0, 0.05) is 46.5 Å². The molecule has 2 amide bonds. The highest BCUT2D eigenvalue weighted by Gasteiger charge is 2.14. The zero-order chi connectivity index (χ0) is 20.3. The molecule has 154 valence electrons. The molecule has 3 heterocycles. The smallest absolute Gasteiger partial charge is 0.323 e. The normalized spacial score (nSPS) is 10.5. The summed E-state index contributed by atoms with van der Waals surface area (Å²) < 4.78 is 0. The number of carbonyl (C=O) groups is 1. The van der Waals surface area contributed by atoms with Crippen molar-refractivity contribution in [2.24, 2.45) is 0 Å². The number of halogens is 1. The van der Waals surface area contributed by atoms with Crippen LogP contribution in [0.2, 0.25) is 0 Å². The van der Waals surface area contributed by atoms with Gasteiger partial charge in [-0.3, -0.25) is 5.10 Å². The Morgan fingerprint density at radius 3 is 2.35 bits per heavy atom. The van der Waals surface area contributed by atoms with E-state index < -0.39 is 0 Å². The summed E-state index contributed by atoms with van der Waals surface area (Å²) >= 11 is 0. The fraction of sp³-hybridized carbons (Fsp3) is 0. The molecule has 2 aromatic carbocycles. The molecule has 8 heteroatoms.